The molecular formula is C18H32N2O4. The van der Waals surface area contributed by atoms with Crippen molar-refractivity contribution in [1.29, 1.82) is 0 Å². The molecule has 138 valence electrons. The van der Waals surface area contributed by atoms with Gasteiger partial charge in [-0.15, -0.1) is 0 Å². The van der Waals surface area contributed by atoms with Crippen molar-refractivity contribution in [3.63, 3.8) is 0 Å². The van der Waals surface area contributed by atoms with Gasteiger partial charge in [0.15, 0.2) is 0 Å². The molecule has 2 fully saturated rings. The molecule has 0 aromatic carbocycles. The minimum absolute atomic E-state index is 0.125. The van der Waals surface area contributed by atoms with Crippen LogP contribution in [0.4, 0.5) is 9.59 Å². The number of alkyl carbamates (subject to hydrolysis) is 2. The summed E-state index contributed by atoms with van der Waals surface area (Å²) in [7, 11) is 0. The zero-order valence-corrected chi connectivity index (χ0v) is 14.7. The molecule has 0 bridgehead atoms. The van der Waals surface area contributed by atoms with Gasteiger partial charge in [-0.3, -0.25) is 0 Å². The lowest BCUT2D eigenvalue weighted by molar-refractivity contribution is 0.0997. The Morgan fingerprint density at radius 2 is 1.04 bits per heavy atom. The van der Waals surface area contributed by atoms with Gasteiger partial charge in [0.05, 0.1) is 0 Å². The molecule has 0 saturated heterocycles. The lowest BCUT2D eigenvalue weighted by Crippen LogP contribution is -2.29. The molecule has 2 aliphatic carbocycles. The van der Waals surface area contributed by atoms with Gasteiger partial charge in [0, 0.05) is 13.1 Å². The van der Waals surface area contributed by atoms with E-state index in [1.165, 1.54) is 25.7 Å². The summed E-state index contributed by atoms with van der Waals surface area (Å²) in [5.41, 5.74) is 0. The zero-order valence-electron chi connectivity index (χ0n) is 14.7. The SMILES string of the molecule is O=C(NCCCCCCNC(=O)OC1CCCC1)OC1CCCC1. The summed E-state index contributed by atoms with van der Waals surface area (Å²) >= 11 is 0. The van der Waals surface area contributed by atoms with E-state index in [2.05, 4.69) is 10.6 Å². The van der Waals surface area contributed by atoms with E-state index in [9.17, 15) is 9.59 Å². The van der Waals surface area contributed by atoms with E-state index in [4.69, 9.17) is 9.47 Å². The van der Waals surface area contributed by atoms with Gasteiger partial charge in [-0.1, -0.05) is 12.8 Å². The molecule has 0 aliphatic heterocycles. The summed E-state index contributed by atoms with van der Waals surface area (Å²) in [6.07, 6.45) is 12.3. The van der Waals surface area contributed by atoms with E-state index in [-0.39, 0.29) is 24.4 Å². The molecule has 2 saturated carbocycles. The minimum atomic E-state index is -0.279. The third kappa shape index (κ3) is 7.88. The molecule has 6 nitrogen and oxygen atoms in total. The van der Waals surface area contributed by atoms with Crippen LogP contribution in [0.1, 0.15) is 77.0 Å². The quantitative estimate of drug-likeness (QED) is 0.624. The second-order valence-corrected chi connectivity index (χ2v) is 6.89. The third-order valence-corrected chi connectivity index (χ3v) is 4.79. The second-order valence-electron chi connectivity index (χ2n) is 6.89. The summed E-state index contributed by atoms with van der Waals surface area (Å²) in [4.78, 5) is 23.1. The smallest absolute Gasteiger partial charge is 0.407 e. The monoisotopic (exact) mass is 340 g/mol. The van der Waals surface area contributed by atoms with Gasteiger partial charge in [0.25, 0.3) is 0 Å². The highest BCUT2D eigenvalue weighted by molar-refractivity contribution is 5.67. The number of hydrogen-bond acceptors (Lipinski definition) is 4. The van der Waals surface area contributed by atoms with Crippen molar-refractivity contribution in [2.24, 2.45) is 0 Å². The van der Waals surface area contributed by atoms with E-state index < -0.39 is 0 Å². The number of carbonyl (C=O) groups is 2. The Kier molecular flexibility index (Phi) is 8.77. The van der Waals surface area contributed by atoms with E-state index in [0.29, 0.717) is 13.1 Å². The van der Waals surface area contributed by atoms with Crippen LogP contribution in [-0.2, 0) is 9.47 Å². The van der Waals surface area contributed by atoms with Gasteiger partial charge in [-0.25, -0.2) is 9.59 Å². The first-order valence-electron chi connectivity index (χ1n) is 9.63. The van der Waals surface area contributed by atoms with Gasteiger partial charge < -0.3 is 20.1 Å². The Hall–Kier alpha value is -1.46. The molecule has 0 spiro atoms. The van der Waals surface area contributed by atoms with E-state index in [1.54, 1.807) is 0 Å². The summed E-state index contributed by atoms with van der Waals surface area (Å²) < 4.78 is 10.7. The van der Waals surface area contributed by atoms with Gasteiger partial charge in [0.1, 0.15) is 12.2 Å². The van der Waals surface area contributed by atoms with Crippen LogP contribution >= 0.6 is 0 Å². The van der Waals surface area contributed by atoms with Crippen LogP contribution in [0.2, 0.25) is 0 Å². The van der Waals surface area contributed by atoms with Gasteiger partial charge >= 0.3 is 12.2 Å². The Morgan fingerprint density at radius 1 is 0.667 bits per heavy atom. The molecule has 0 aromatic heterocycles. The highest BCUT2D eigenvalue weighted by Crippen LogP contribution is 2.21. The topological polar surface area (TPSA) is 76.7 Å². The average molecular weight is 340 g/mol. The highest BCUT2D eigenvalue weighted by atomic mass is 16.6. The van der Waals surface area contributed by atoms with Crippen molar-refractivity contribution in [1.82, 2.24) is 10.6 Å². The maximum Gasteiger partial charge on any atom is 0.407 e. The predicted molar refractivity (Wildman–Crippen MR) is 91.9 cm³/mol. The largest absolute Gasteiger partial charge is 0.446 e. The van der Waals surface area contributed by atoms with Crippen molar-refractivity contribution in [3.05, 3.63) is 0 Å². The first kappa shape index (κ1) is 18.9. The Morgan fingerprint density at radius 3 is 1.42 bits per heavy atom. The number of hydrogen-bond donors (Lipinski definition) is 2. The molecule has 2 N–H and O–H groups in total. The van der Waals surface area contributed by atoms with Crippen LogP contribution < -0.4 is 10.6 Å². The Bertz CT molecular complexity index is 341. The van der Waals surface area contributed by atoms with Crippen LogP contribution in [0.15, 0.2) is 0 Å². The number of carbonyl (C=O) groups excluding carboxylic acids is 2. The number of rotatable bonds is 9. The van der Waals surface area contributed by atoms with E-state index >= 15 is 0 Å². The fourth-order valence-corrected chi connectivity index (χ4v) is 3.38. The van der Waals surface area contributed by atoms with Gasteiger partial charge in [0.2, 0.25) is 0 Å². The molecule has 0 heterocycles. The fourth-order valence-electron chi connectivity index (χ4n) is 3.38. The van der Waals surface area contributed by atoms with Crippen LogP contribution in [0.25, 0.3) is 0 Å². The van der Waals surface area contributed by atoms with Crippen molar-refractivity contribution in [3.8, 4) is 0 Å². The van der Waals surface area contributed by atoms with Crippen molar-refractivity contribution in [2.75, 3.05) is 13.1 Å². The highest BCUT2D eigenvalue weighted by Gasteiger charge is 2.19. The predicted octanol–water partition coefficient (Wildman–Crippen LogP) is 3.88. The van der Waals surface area contributed by atoms with Crippen LogP contribution in [-0.4, -0.2) is 37.5 Å². The number of nitrogens with one attached hydrogen (secondary N) is 2. The molecule has 0 radical (unpaired) electrons. The summed E-state index contributed by atoms with van der Waals surface area (Å²) in [5, 5.41) is 5.62. The maximum absolute atomic E-state index is 11.6. The molecule has 2 rings (SSSR count). The Labute approximate surface area is 145 Å². The molecule has 6 heteroatoms. The summed E-state index contributed by atoms with van der Waals surface area (Å²) in [6, 6.07) is 0. The zero-order chi connectivity index (χ0) is 17.0. The molecule has 2 amide bonds. The van der Waals surface area contributed by atoms with Crippen LogP contribution in [0.3, 0.4) is 0 Å². The first-order valence-corrected chi connectivity index (χ1v) is 9.63. The second kappa shape index (κ2) is 11.2. The standard InChI is InChI=1S/C18H32N2O4/c21-17(23-15-9-3-4-10-15)19-13-7-1-2-8-14-20-18(22)24-16-11-5-6-12-16/h15-16H,1-14H2,(H,19,21)(H,20,22). The maximum atomic E-state index is 11.6. The fraction of sp³-hybridized carbons (Fsp3) is 0.889. The third-order valence-electron chi connectivity index (χ3n) is 4.79. The Balaban J connectivity index is 1.34. The number of ether oxygens (including phenoxy) is 2. The summed E-state index contributed by atoms with van der Waals surface area (Å²) in [5.74, 6) is 0. The normalized spacial score (nSPS) is 18.5. The lowest BCUT2D eigenvalue weighted by atomic mass is 10.2. The molecule has 0 unspecified atom stereocenters. The van der Waals surface area contributed by atoms with Crippen molar-refractivity contribution in [2.45, 2.75) is 89.3 Å². The molecule has 0 atom stereocenters. The lowest BCUT2D eigenvalue weighted by Gasteiger charge is -2.12. The first-order chi connectivity index (χ1) is 11.7. The molecular weight excluding hydrogens is 308 g/mol. The molecule has 24 heavy (non-hydrogen) atoms. The van der Waals surface area contributed by atoms with E-state index in [0.717, 1.165) is 51.4 Å². The van der Waals surface area contributed by atoms with Gasteiger partial charge in [-0.05, 0) is 64.2 Å². The number of unbranched alkanes of at least 4 members (excludes halogenated alkanes) is 3. The molecule has 2 aliphatic rings. The van der Waals surface area contributed by atoms with Gasteiger partial charge in [-0.2, -0.15) is 0 Å². The van der Waals surface area contributed by atoms with Crippen LogP contribution in [0.5, 0.6) is 0 Å². The number of amides is 2. The van der Waals surface area contributed by atoms with Crippen molar-refractivity contribution < 1.29 is 19.1 Å². The summed E-state index contributed by atoms with van der Waals surface area (Å²) in [6.45, 7) is 1.31. The van der Waals surface area contributed by atoms with Crippen molar-refractivity contribution >= 4 is 12.2 Å². The average Bonchev–Trinajstić information content (AvgIpc) is 3.23. The molecule has 0 aromatic rings. The van der Waals surface area contributed by atoms with E-state index in [1.807, 2.05) is 0 Å². The minimum Gasteiger partial charge on any atom is -0.446 e. The van der Waals surface area contributed by atoms with Crippen LogP contribution in [0, 0.1) is 0 Å².